The first-order valence-corrected chi connectivity index (χ1v) is 8.40. The summed E-state index contributed by atoms with van der Waals surface area (Å²) in [4.78, 5) is 13.2. The van der Waals surface area contributed by atoms with Crippen molar-refractivity contribution in [2.75, 3.05) is 19.7 Å². The van der Waals surface area contributed by atoms with Crippen LogP contribution in [0.4, 0.5) is 0 Å². The number of likely N-dealkylation sites (tertiary alicyclic amines) is 1. The second-order valence-electron chi connectivity index (χ2n) is 6.16. The molecule has 0 bridgehead atoms. The number of nitrogens with zero attached hydrogens (tertiary/aromatic N) is 1. The lowest BCUT2D eigenvalue weighted by Gasteiger charge is -2.23. The summed E-state index contributed by atoms with van der Waals surface area (Å²) < 4.78 is 0. The molecule has 3 unspecified atom stereocenters. The maximum atomic E-state index is 11.1. The van der Waals surface area contributed by atoms with Crippen LogP contribution >= 0.6 is 0 Å². The average Bonchev–Trinajstić information content (AvgIpc) is 2.73. The highest BCUT2D eigenvalue weighted by atomic mass is 16.3. The molecule has 1 rings (SSSR count). The van der Waals surface area contributed by atoms with Crippen LogP contribution in [0.5, 0.6) is 0 Å². The molecule has 0 radical (unpaired) electrons. The number of carbonyl (C=O) groups excluding carboxylic acids is 1. The van der Waals surface area contributed by atoms with Crippen LogP contribution in [-0.4, -0.2) is 58.9 Å². The van der Waals surface area contributed by atoms with Crippen molar-refractivity contribution in [2.24, 2.45) is 0 Å². The van der Waals surface area contributed by atoms with Gasteiger partial charge in [0.2, 0.25) is 5.91 Å². The summed E-state index contributed by atoms with van der Waals surface area (Å²) >= 11 is 0. The molecule has 1 saturated heterocycles. The van der Waals surface area contributed by atoms with Crippen molar-refractivity contribution in [1.82, 2.24) is 10.2 Å². The van der Waals surface area contributed by atoms with Crippen molar-refractivity contribution in [3.63, 3.8) is 0 Å². The Labute approximate surface area is 128 Å². The van der Waals surface area contributed by atoms with Gasteiger partial charge in [-0.3, -0.25) is 9.69 Å². The summed E-state index contributed by atoms with van der Waals surface area (Å²) in [5.74, 6) is -0.131. The van der Waals surface area contributed by atoms with Crippen LogP contribution in [0.15, 0.2) is 0 Å². The lowest BCUT2D eigenvalue weighted by molar-refractivity contribution is -0.120. The number of rotatable bonds is 10. The monoisotopic (exact) mass is 300 g/mol. The van der Waals surface area contributed by atoms with Crippen molar-refractivity contribution in [2.45, 2.75) is 77.0 Å². The van der Waals surface area contributed by atoms with Crippen LogP contribution in [-0.2, 0) is 4.79 Å². The van der Waals surface area contributed by atoms with E-state index in [0.717, 1.165) is 13.0 Å². The van der Waals surface area contributed by atoms with Gasteiger partial charge in [-0.1, -0.05) is 45.4 Å². The number of hydrogen-bond acceptors (Lipinski definition) is 4. The molecule has 0 aliphatic carbocycles. The van der Waals surface area contributed by atoms with Gasteiger partial charge in [0.15, 0.2) is 0 Å². The molecule has 0 aromatic heterocycles. The van der Waals surface area contributed by atoms with Gasteiger partial charge in [0, 0.05) is 13.5 Å². The highest BCUT2D eigenvalue weighted by Gasteiger charge is 2.40. The zero-order chi connectivity index (χ0) is 15.7. The molecule has 1 amide bonds. The lowest BCUT2D eigenvalue weighted by atomic mass is 10.1. The standard InChI is InChI=1S/C16H32N2O3/c1-3-4-5-6-7-8-9-10-18-11-14(17-13(2)20)16(21)15(18)12-19/h14-16,19,21H,3-12H2,1-2H3,(H,17,20). The molecule has 0 saturated carbocycles. The molecule has 1 fully saturated rings. The SMILES string of the molecule is CCCCCCCCCN1CC(NC(C)=O)C(O)C1CO. The topological polar surface area (TPSA) is 72.8 Å². The van der Waals surface area contributed by atoms with Crippen LogP contribution in [0.2, 0.25) is 0 Å². The molecular weight excluding hydrogens is 268 g/mol. The van der Waals surface area contributed by atoms with Crippen LogP contribution in [0.1, 0.15) is 58.8 Å². The van der Waals surface area contributed by atoms with Crippen molar-refractivity contribution in [3.8, 4) is 0 Å². The molecular formula is C16H32N2O3. The van der Waals surface area contributed by atoms with Crippen LogP contribution in [0.3, 0.4) is 0 Å². The maximum absolute atomic E-state index is 11.1. The molecule has 5 heteroatoms. The van der Waals surface area contributed by atoms with Crippen LogP contribution in [0.25, 0.3) is 0 Å². The van der Waals surface area contributed by atoms with Gasteiger partial charge in [-0.2, -0.15) is 0 Å². The smallest absolute Gasteiger partial charge is 0.217 e. The molecule has 1 heterocycles. The van der Waals surface area contributed by atoms with Crippen LogP contribution < -0.4 is 5.32 Å². The summed E-state index contributed by atoms with van der Waals surface area (Å²) in [6.07, 6.45) is 8.08. The fourth-order valence-electron chi connectivity index (χ4n) is 3.12. The third-order valence-electron chi connectivity index (χ3n) is 4.33. The summed E-state index contributed by atoms with van der Waals surface area (Å²) in [5.41, 5.74) is 0. The first-order valence-electron chi connectivity index (χ1n) is 8.40. The molecule has 1 aliphatic rings. The summed E-state index contributed by atoms with van der Waals surface area (Å²) in [5, 5.41) is 22.4. The fourth-order valence-corrected chi connectivity index (χ4v) is 3.12. The van der Waals surface area contributed by atoms with Gasteiger partial charge in [0.1, 0.15) is 0 Å². The van der Waals surface area contributed by atoms with Crippen molar-refractivity contribution < 1.29 is 15.0 Å². The van der Waals surface area contributed by atoms with E-state index in [0.29, 0.717) is 6.54 Å². The number of hydrogen-bond donors (Lipinski definition) is 3. The van der Waals surface area contributed by atoms with Crippen molar-refractivity contribution >= 4 is 5.91 Å². The number of aliphatic hydroxyl groups is 2. The Morgan fingerprint density at radius 1 is 1.19 bits per heavy atom. The Morgan fingerprint density at radius 2 is 1.81 bits per heavy atom. The molecule has 1 aliphatic heterocycles. The molecule has 3 atom stereocenters. The van der Waals surface area contributed by atoms with E-state index in [9.17, 15) is 15.0 Å². The summed E-state index contributed by atoms with van der Waals surface area (Å²) in [6, 6.07) is -0.508. The predicted molar refractivity (Wildman–Crippen MR) is 84.1 cm³/mol. The Hall–Kier alpha value is -0.650. The Balaban J connectivity index is 2.25. The van der Waals surface area contributed by atoms with Gasteiger partial charge in [-0.15, -0.1) is 0 Å². The van der Waals surface area contributed by atoms with Gasteiger partial charge in [-0.05, 0) is 13.0 Å². The van der Waals surface area contributed by atoms with E-state index in [4.69, 9.17) is 0 Å². The van der Waals surface area contributed by atoms with E-state index in [1.165, 1.54) is 45.4 Å². The average molecular weight is 300 g/mol. The third kappa shape index (κ3) is 6.32. The minimum Gasteiger partial charge on any atom is -0.395 e. The second-order valence-corrected chi connectivity index (χ2v) is 6.16. The zero-order valence-corrected chi connectivity index (χ0v) is 13.6. The Bertz CT molecular complexity index is 299. The fraction of sp³-hybridized carbons (Fsp3) is 0.938. The lowest BCUT2D eigenvalue weighted by Crippen LogP contribution is -2.44. The number of carbonyl (C=O) groups is 1. The number of nitrogens with one attached hydrogen (secondary N) is 1. The number of unbranched alkanes of at least 4 members (excludes halogenated alkanes) is 6. The third-order valence-corrected chi connectivity index (χ3v) is 4.33. The number of amides is 1. The first kappa shape index (κ1) is 18.4. The van der Waals surface area contributed by atoms with Crippen LogP contribution in [0, 0.1) is 0 Å². The van der Waals surface area contributed by atoms with Gasteiger partial charge >= 0.3 is 0 Å². The van der Waals surface area contributed by atoms with Gasteiger partial charge in [0.05, 0.1) is 24.8 Å². The van der Waals surface area contributed by atoms with E-state index in [-0.39, 0.29) is 24.6 Å². The highest BCUT2D eigenvalue weighted by Crippen LogP contribution is 2.19. The quantitative estimate of drug-likeness (QED) is 0.531. The van der Waals surface area contributed by atoms with Gasteiger partial charge < -0.3 is 15.5 Å². The molecule has 0 aromatic carbocycles. The molecule has 0 spiro atoms. The zero-order valence-electron chi connectivity index (χ0n) is 13.6. The van der Waals surface area contributed by atoms with E-state index in [2.05, 4.69) is 17.1 Å². The van der Waals surface area contributed by atoms with Crippen molar-refractivity contribution in [1.29, 1.82) is 0 Å². The molecule has 0 aromatic rings. The van der Waals surface area contributed by atoms with E-state index >= 15 is 0 Å². The largest absolute Gasteiger partial charge is 0.395 e. The Kier molecular flexibility index (Phi) is 8.88. The minimum atomic E-state index is -0.677. The molecule has 21 heavy (non-hydrogen) atoms. The van der Waals surface area contributed by atoms with E-state index in [1.807, 2.05) is 0 Å². The molecule has 5 nitrogen and oxygen atoms in total. The van der Waals surface area contributed by atoms with E-state index in [1.54, 1.807) is 0 Å². The summed E-state index contributed by atoms with van der Waals surface area (Å²) in [6.45, 7) is 5.13. The number of aliphatic hydroxyl groups excluding tert-OH is 2. The summed E-state index contributed by atoms with van der Waals surface area (Å²) in [7, 11) is 0. The molecule has 3 N–H and O–H groups in total. The highest BCUT2D eigenvalue weighted by molar-refractivity contribution is 5.73. The first-order chi connectivity index (χ1) is 10.1. The van der Waals surface area contributed by atoms with Crippen molar-refractivity contribution in [3.05, 3.63) is 0 Å². The van der Waals surface area contributed by atoms with E-state index < -0.39 is 6.10 Å². The minimum absolute atomic E-state index is 0.0618. The van der Waals surface area contributed by atoms with Gasteiger partial charge in [0.25, 0.3) is 0 Å². The maximum Gasteiger partial charge on any atom is 0.217 e. The predicted octanol–water partition coefficient (Wildman–Crippen LogP) is 1.28. The Morgan fingerprint density at radius 3 is 2.38 bits per heavy atom. The normalized spacial score (nSPS) is 26.2. The van der Waals surface area contributed by atoms with Gasteiger partial charge in [-0.25, -0.2) is 0 Å². The molecule has 124 valence electrons. The second kappa shape index (κ2) is 10.1.